The van der Waals surface area contributed by atoms with Gasteiger partial charge < -0.3 is 0 Å². The molecule has 0 nitrogen and oxygen atoms in total. The van der Waals surface area contributed by atoms with Crippen LogP contribution in [0.3, 0.4) is 0 Å². The number of allylic oxidation sites excluding steroid dienone is 4. The zero-order valence-electron chi connectivity index (χ0n) is 8.27. The van der Waals surface area contributed by atoms with E-state index in [2.05, 4.69) is 45.4 Å². The molecule has 0 aromatic rings. The first-order valence-corrected chi connectivity index (χ1v) is 13.1. The van der Waals surface area contributed by atoms with Gasteiger partial charge in [-0.15, -0.1) is 0 Å². The van der Waals surface area contributed by atoms with Crippen LogP contribution in [0.5, 0.6) is 0 Å². The summed E-state index contributed by atoms with van der Waals surface area (Å²) in [5, 5.41) is 0. The van der Waals surface area contributed by atoms with Crippen LogP contribution in [0.1, 0.15) is 27.2 Å². The molecule has 1 rings (SSSR count). The average molecular weight is 385 g/mol. The van der Waals surface area contributed by atoms with Crippen molar-refractivity contribution in [2.75, 3.05) is 0 Å². The van der Waals surface area contributed by atoms with Gasteiger partial charge >= 0.3 is 37.7 Å². The average Bonchev–Trinajstić information content (AvgIpc) is 2.37. The van der Waals surface area contributed by atoms with Crippen LogP contribution in [0.25, 0.3) is 0 Å². The zero-order valence-corrected chi connectivity index (χ0v) is 13.4. The van der Waals surface area contributed by atoms with Gasteiger partial charge in [-0.05, 0) is 11.8 Å². The van der Waals surface area contributed by atoms with Crippen molar-refractivity contribution in [1.29, 1.82) is 0 Å². The van der Waals surface area contributed by atoms with Crippen molar-refractivity contribution in [2.24, 2.45) is 5.41 Å². The van der Waals surface area contributed by atoms with E-state index in [4.69, 9.17) is 17.2 Å². The summed E-state index contributed by atoms with van der Waals surface area (Å²) in [5.41, 5.74) is 1.88. The van der Waals surface area contributed by atoms with Gasteiger partial charge in [0.15, 0.2) is 0 Å². The van der Waals surface area contributed by atoms with E-state index in [-0.39, 0.29) is 0 Å². The Morgan fingerprint density at radius 2 is 1.85 bits per heavy atom. The third kappa shape index (κ3) is 9.24. The number of rotatable bonds is 1. The summed E-state index contributed by atoms with van der Waals surface area (Å²) in [5.74, 6) is 0. The van der Waals surface area contributed by atoms with Gasteiger partial charge in [0.05, 0.1) is 0 Å². The van der Waals surface area contributed by atoms with Crippen molar-refractivity contribution in [3.05, 3.63) is 30.2 Å². The number of halogens is 2. The molecule has 13 heavy (non-hydrogen) atoms. The Morgan fingerprint density at radius 1 is 1.31 bits per heavy atom. The second kappa shape index (κ2) is 7.25. The van der Waals surface area contributed by atoms with Gasteiger partial charge in [0.2, 0.25) is 0 Å². The van der Waals surface area contributed by atoms with Crippen LogP contribution in [0, 0.1) is 11.8 Å². The molecule has 0 aliphatic heterocycles. The molecule has 0 atom stereocenters. The Labute approximate surface area is 99.9 Å². The van der Waals surface area contributed by atoms with Crippen molar-refractivity contribution < 1.29 is 20.5 Å². The molecule has 0 heterocycles. The van der Waals surface area contributed by atoms with Crippen molar-refractivity contribution >= 4 is 17.2 Å². The van der Waals surface area contributed by atoms with E-state index < -0.39 is 20.5 Å². The number of hydrogen-bond donors (Lipinski definition) is 0. The van der Waals surface area contributed by atoms with Gasteiger partial charge in [0.25, 0.3) is 0 Å². The third-order valence-electron chi connectivity index (χ3n) is 1.47. The van der Waals surface area contributed by atoms with Crippen LogP contribution >= 0.6 is 17.2 Å². The third-order valence-corrected chi connectivity index (χ3v) is 1.47. The van der Waals surface area contributed by atoms with Crippen molar-refractivity contribution in [3.8, 4) is 0 Å². The van der Waals surface area contributed by atoms with E-state index in [0.29, 0.717) is 5.41 Å². The van der Waals surface area contributed by atoms with Crippen molar-refractivity contribution in [1.82, 2.24) is 0 Å². The van der Waals surface area contributed by atoms with E-state index in [1.807, 2.05) is 0 Å². The van der Waals surface area contributed by atoms with E-state index >= 15 is 0 Å². The Hall–Kier alpha value is 0.930. The maximum atomic E-state index is 4.96. The van der Waals surface area contributed by atoms with Gasteiger partial charge in [-0.2, -0.15) is 0 Å². The first-order valence-electron chi connectivity index (χ1n) is 4.16. The summed E-state index contributed by atoms with van der Waals surface area (Å²) in [4.78, 5) is 0. The van der Waals surface area contributed by atoms with Gasteiger partial charge in [-0.1, -0.05) is 44.6 Å². The van der Waals surface area contributed by atoms with Crippen LogP contribution in [-0.2, 0) is 20.5 Å². The first-order chi connectivity index (χ1) is 5.99. The molecule has 0 amide bonds. The van der Waals surface area contributed by atoms with Crippen LogP contribution in [-0.4, -0.2) is 0 Å². The SMILES string of the molecule is CC(C)(C)CC1=C[CH]C=C1.[Cl][Hf][Cl]. The molecule has 0 saturated carbocycles. The van der Waals surface area contributed by atoms with Crippen molar-refractivity contribution in [2.45, 2.75) is 27.2 Å². The fourth-order valence-electron chi connectivity index (χ4n) is 1.14. The molecule has 0 unspecified atom stereocenters. The predicted octanol–water partition coefficient (Wildman–Crippen LogP) is 4.50. The molecule has 0 saturated heterocycles. The van der Waals surface area contributed by atoms with Crippen LogP contribution in [0.2, 0.25) is 0 Å². The van der Waals surface area contributed by atoms with Crippen LogP contribution in [0.4, 0.5) is 0 Å². The first kappa shape index (κ1) is 13.9. The second-order valence-electron chi connectivity index (χ2n) is 4.10. The van der Waals surface area contributed by atoms with E-state index in [0.717, 1.165) is 0 Å². The summed E-state index contributed by atoms with van der Waals surface area (Å²) < 4.78 is 0. The van der Waals surface area contributed by atoms with E-state index in [9.17, 15) is 0 Å². The molecular formula is C10H15Cl2Hf. The van der Waals surface area contributed by atoms with Gasteiger partial charge in [0.1, 0.15) is 0 Å². The molecule has 0 spiro atoms. The Morgan fingerprint density at radius 3 is 2.15 bits per heavy atom. The Bertz CT molecular complexity index is 190. The summed E-state index contributed by atoms with van der Waals surface area (Å²) >= 11 is -0.972. The molecule has 0 N–H and O–H groups in total. The minimum atomic E-state index is -0.972. The Balaban J connectivity index is 0.000000424. The normalized spacial score (nSPS) is 14.7. The molecule has 0 aromatic carbocycles. The molecule has 1 radical (unpaired) electrons. The van der Waals surface area contributed by atoms with E-state index in [1.165, 1.54) is 12.0 Å². The van der Waals surface area contributed by atoms with Crippen LogP contribution in [0.15, 0.2) is 23.8 Å². The van der Waals surface area contributed by atoms with Gasteiger partial charge in [-0.25, -0.2) is 0 Å². The molecule has 1 aliphatic rings. The molecule has 1 aliphatic carbocycles. The fourth-order valence-corrected chi connectivity index (χ4v) is 1.14. The minimum absolute atomic E-state index is 0.425. The molecule has 0 aromatic heterocycles. The van der Waals surface area contributed by atoms with Gasteiger partial charge in [-0.3, -0.25) is 0 Å². The fraction of sp³-hybridized carbons (Fsp3) is 0.500. The van der Waals surface area contributed by atoms with Crippen molar-refractivity contribution in [3.63, 3.8) is 0 Å². The molecule has 0 bridgehead atoms. The molecule has 73 valence electrons. The number of hydrogen-bond acceptors (Lipinski definition) is 0. The standard InChI is InChI=1S/C10H15.2ClH.Hf/c1-10(2,3)8-9-6-4-5-7-9;;;/h4-7H,8H2,1-3H3;2*1H;/q;;;+2/p-2. The van der Waals surface area contributed by atoms with Crippen LogP contribution < -0.4 is 0 Å². The summed E-state index contributed by atoms with van der Waals surface area (Å²) in [7, 11) is 9.92. The molecule has 0 fully saturated rings. The maximum absolute atomic E-state index is 4.96. The predicted molar refractivity (Wildman–Crippen MR) is 57.3 cm³/mol. The quantitative estimate of drug-likeness (QED) is 0.584. The summed E-state index contributed by atoms with van der Waals surface area (Å²) in [6, 6.07) is 0. The zero-order chi connectivity index (χ0) is 10.3. The summed E-state index contributed by atoms with van der Waals surface area (Å²) in [6.07, 6.45) is 9.75. The van der Waals surface area contributed by atoms with Gasteiger partial charge in [0, 0.05) is 6.42 Å². The monoisotopic (exact) mass is 385 g/mol. The second-order valence-corrected chi connectivity index (χ2v) is 9.29. The summed E-state index contributed by atoms with van der Waals surface area (Å²) in [6.45, 7) is 6.79. The topological polar surface area (TPSA) is 0 Å². The Kier molecular flexibility index (Phi) is 7.77. The molecule has 3 heteroatoms. The van der Waals surface area contributed by atoms with E-state index in [1.54, 1.807) is 0 Å². The molecular weight excluding hydrogens is 370 g/mol.